The molecule has 7 heteroatoms. The van der Waals surface area contributed by atoms with E-state index in [1.54, 1.807) is 0 Å². The van der Waals surface area contributed by atoms with Gasteiger partial charge in [-0.3, -0.25) is 10.1 Å². The summed E-state index contributed by atoms with van der Waals surface area (Å²) in [5.41, 5.74) is 0.941. The van der Waals surface area contributed by atoms with Crippen LogP contribution >= 0.6 is 11.3 Å². The number of anilines is 1. The van der Waals surface area contributed by atoms with E-state index in [9.17, 15) is 9.59 Å². The van der Waals surface area contributed by atoms with E-state index in [4.69, 9.17) is 5.11 Å². The second-order valence-corrected chi connectivity index (χ2v) is 4.23. The number of carboxylic acid groups (broad SMARTS) is 1. The van der Waals surface area contributed by atoms with Crippen LogP contribution in [0.2, 0.25) is 0 Å². The van der Waals surface area contributed by atoms with Crippen molar-refractivity contribution in [2.45, 2.75) is 26.2 Å². The van der Waals surface area contributed by atoms with Crippen molar-refractivity contribution in [3.63, 3.8) is 0 Å². The van der Waals surface area contributed by atoms with E-state index < -0.39 is 5.97 Å². The molecule has 0 aliphatic rings. The maximum Gasteiger partial charge on any atom is 0.321 e. The number of hydrogen-bond acceptors (Lipinski definition) is 4. The Morgan fingerprint density at radius 1 is 1.53 bits per heavy atom. The summed E-state index contributed by atoms with van der Waals surface area (Å²) in [7, 11) is 0. The van der Waals surface area contributed by atoms with Crippen molar-refractivity contribution in [3.05, 3.63) is 11.1 Å². The molecule has 0 fully saturated rings. The summed E-state index contributed by atoms with van der Waals surface area (Å²) in [5.74, 6) is -0.861. The Hall–Kier alpha value is -1.63. The molecular weight excluding hydrogens is 242 g/mol. The van der Waals surface area contributed by atoms with Crippen LogP contribution in [0, 0.1) is 0 Å². The van der Waals surface area contributed by atoms with Crippen LogP contribution in [0.3, 0.4) is 0 Å². The van der Waals surface area contributed by atoms with Gasteiger partial charge in [0.1, 0.15) is 0 Å². The number of rotatable bonds is 6. The van der Waals surface area contributed by atoms with E-state index >= 15 is 0 Å². The summed E-state index contributed by atoms with van der Waals surface area (Å²) in [4.78, 5) is 25.8. The zero-order valence-electron chi connectivity index (χ0n) is 9.52. The van der Waals surface area contributed by atoms with E-state index in [0.717, 1.165) is 12.1 Å². The van der Waals surface area contributed by atoms with Crippen molar-refractivity contribution in [2.24, 2.45) is 0 Å². The van der Waals surface area contributed by atoms with Crippen LogP contribution in [0.5, 0.6) is 0 Å². The van der Waals surface area contributed by atoms with Gasteiger partial charge in [-0.05, 0) is 12.8 Å². The van der Waals surface area contributed by atoms with Crippen LogP contribution in [0.25, 0.3) is 0 Å². The molecule has 17 heavy (non-hydrogen) atoms. The first kappa shape index (κ1) is 13.4. The van der Waals surface area contributed by atoms with Gasteiger partial charge in [0.05, 0.1) is 5.69 Å². The standard InChI is InChI=1S/C10H15N3O3S/c1-2-7-6-17-10(12-7)13-9(16)11-5-3-4-8(14)15/h6H,2-5H2,1H3,(H,14,15)(H2,11,12,13,16). The molecule has 6 nitrogen and oxygen atoms in total. The number of carbonyl (C=O) groups excluding carboxylic acids is 1. The number of nitrogens with zero attached hydrogens (tertiary/aromatic N) is 1. The number of carboxylic acids is 1. The van der Waals surface area contributed by atoms with Crippen LogP contribution < -0.4 is 10.6 Å². The molecule has 0 radical (unpaired) electrons. The number of nitrogens with one attached hydrogen (secondary N) is 2. The number of hydrogen-bond donors (Lipinski definition) is 3. The lowest BCUT2D eigenvalue weighted by Crippen LogP contribution is -2.29. The van der Waals surface area contributed by atoms with Gasteiger partial charge in [-0.25, -0.2) is 9.78 Å². The highest BCUT2D eigenvalue weighted by Crippen LogP contribution is 2.15. The van der Waals surface area contributed by atoms with Gasteiger partial charge < -0.3 is 10.4 Å². The lowest BCUT2D eigenvalue weighted by Gasteiger charge is -2.03. The van der Waals surface area contributed by atoms with Crippen LogP contribution in [-0.4, -0.2) is 28.6 Å². The molecule has 0 aliphatic heterocycles. The molecule has 0 saturated heterocycles. The van der Waals surface area contributed by atoms with Crippen molar-refractivity contribution in [3.8, 4) is 0 Å². The number of aromatic nitrogens is 1. The predicted octanol–water partition coefficient (Wildman–Crippen LogP) is 1.69. The molecule has 0 spiro atoms. The molecular formula is C10H15N3O3S. The Morgan fingerprint density at radius 3 is 2.88 bits per heavy atom. The third-order valence-electron chi connectivity index (χ3n) is 1.99. The lowest BCUT2D eigenvalue weighted by atomic mass is 10.3. The molecule has 94 valence electrons. The van der Waals surface area contributed by atoms with Gasteiger partial charge in [-0.1, -0.05) is 6.92 Å². The minimum Gasteiger partial charge on any atom is -0.481 e. The number of aryl methyl sites for hydroxylation is 1. The molecule has 0 saturated carbocycles. The normalized spacial score (nSPS) is 9.94. The largest absolute Gasteiger partial charge is 0.481 e. The third-order valence-corrected chi connectivity index (χ3v) is 2.79. The quantitative estimate of drug-likeness (QED) is 0.676. The average molecular weight is 257 g/mol. The lowest BCUT2D eigenvalue weighted by molar-refractivity contribution is -0.137. The molecule has 0 bridgehead atoms. The number of thiazole rings is 1. The minimum atomic E-state index is -0.861. The van der Waals surface area contributed by atoms with E-state index in [1.165, 1.54) is 11.3 Å². The van der Waals surface area contributed by atoms with Gasteiger partial charge >= 0.3 is 12.0 Å². The van der Waals surface area contributed by atoms with E-state index in [0.29, 0.717) is 18.1 Å². The monoisotopic (exact) mass is 257 g/mol. The number of aliphatic carboxylic acids is 1. The summed E-state index contributed by atoms with van der Waals surface area (Å²) < 4.78 is 0. The summed E-state index contributed by atoms with van der Waals surface area (Å²) in [6.07, 6.45) is 1.30. The molecule has 0 atom stereocenters. The minimum absolute atomic E-state index is 0.0531. The molecule has 1 aromatic heterocycles. The Balaban J connectivity index is 2.22. The average Bonchev–Trinajstić information content (AvgIpc) is 2.72. The Kier molecular flexibility index (Phi) is 5.41. The van der Waals surface area contributed by atoms with Gasteiger partial charge in [-0.15, -0.1) is 11.3 Å². The highest BCUT2D eigenvalue weighted by molar-refractivity contribution is 7.13. The summed E-state index contributed by atoms with van der Waals surface area (Å²) >= 11 is 1.37. The molecule has 0 aliphatic carbocycles. The van der Waals surface area contributed by atoms with Gasteiger partial charge in [0, 0.05) is 18.3 Å². The Bertz CT molecular complexity index is 392. The first-order valence-electron chi connectivity index (χ1n) is 5.33. The molecule has 3 N–H and O–H groups in total. The van der Waals surface area contributed by atoms with Crippen molar-refractivity contribution < 1.29 is 14.7 Å². The van der Waals surface area contributed by atoms with Crippen molar-refractivity contribution >= 4 is 28.5 Å². The topological polar surface area (TPSA) is 91.3 Å². The van der Waals surface area contributed by atoms with Gasteiger partial charge in [0.25, 0.3) is 0 Å². The van der Waals surface area contributed by atoms with E-state index in [1.807, 2.05) is 12.3 Å². The summed E-state index contributed by atoms with van der Waals surface area (Å²) in [5, 5.41) is 16.0. The first-order valence-corrected chi connectivity index (χ1v) is 6.20. The maximum atomic E-state index is 11.4. The zero-order valence-corrected chi connectivity index (χ0v) is 10.3. The first-order chi connectivity index (χ1) is 8.11. The van der Waals surface area contributed by atoms with Gasteiger partial charge in [0.15, 0.2) is 5.13 Å². The molecule has 2 amide bonds. The number of carbonyl (C=O) groups is 2. The van der Waals surface area contributed by atoms with Crippen molar-refractivity contribution in [2.75, 3.05) is 11.9 Å². The summed E-state index contributed by atoms with van der Waals surface area (Å²) in [6, 6.07) is -0.354. The predicted molar refractivity (Wildman–Crippen MR) is 65.4 cm³/mol. The van der Waals surface area contributed by atoms with Crippen LogP contribution in [0.4, 0.5) is 9.93 Å². The van der Waals surface area contributed by atoms with Crippen molar-refractivity contribution in [1.82, 2.24) is 10.3 Å². The Morgan fingerprint density at radius 2 is 2.29 bits per heavy atom. The maximum absolute atomic E-state index is 11.4. The smallest absolute Gasteiger partial charge is 0.321 e. The molecule has 0 aromatic carbocycles. The van der Waals surface area contributed by atoms with Gasteiger partial charge in [0.2, 0.25) is 0 Å². The molecule has 1 aromatic rings. The van der Waals surface area contributed by atoms with E-state index in [-0.39, 0.29) is 12.5 Å². The molecule has 1 rings (SSSR count). The molecule has 1 heterocycles. The fourth-order valence-corrected chi connectivity index (χ4v) is 1.90. The van der Waals surface area contributed by atoms with Crippen LogP contribution in [0.1, 0.15) is 25.5 Å². The second kappa shape index (κ2) is 6.85. The van der Waals surface area contributed by atoms with Crippen LogP contribution in [0.15, 0.2) is 5.38 Å². The van der Waals surface area contributed by atoms with Crippen LogP contribution in [-0.2, 0) is 11.2 Å². The fourth-order valence-electron chi connectivity index (χ4n) is 1.11. The molecule has 0 unspecified atom stereocenters. The number of amides is 2. The SMILES string of the molecule is CCc1csc(NC(=O)NCCCC(=O)O)n1. The highest BCUT2D eigenvalue weighted by atomic mass is 32.1. The van der Waals surface area contributed by atoms with E-state index in [2.05, 4.69) is 15.6 Å². The fraction of sp³-hybridized carbons (Fsp3) is 0.500. The second-order valence-electron chi connectivity index (χ2n) is 3.38. The van der Waals surface area contributed by atoms with Gasteiger partial charge in [-0.2, -0.15) is 0 Å². The van der Waals surface area contributed by atoms with Crippen molar-refractivity contribution in [1.29, 1.82) is 0 Å². The zero-order chi connectivity index (χ0) is 12.7. The Labute approximate surface area is 103 Å². The highest BCUT2D eigenvalue weighted by Gasteiger charge is 2.05. The summed E-state index contributed by atoms with van der Waals surface area (Å²) in [6.45, 7) is 2.33. The third kappa shape index (κ3) is 5.30. The number of urea groups is 1.